The summed E-state index contributed by atoms with van der Waals surface area (Å²) < 4.78 is 64.9. The predicted octanol–water partition coefficient (Wildman–Crippen LogP) is 5.39. The Hall–Kier alpha value is -1.40. The highest BCUT2D eigenvalue weighted by Gasteiger charge is 2.39. The number of hydrogen-bond donors (Lipinski definition) is 1. The van der Waals surface area contributed by atoms with Crippen molar-refractivity contribution in [2.45, 2.75) is 51.2 Å². The lowest BCUT2D eigenvalue weighted by Gasteiger charge is -2.19. The van der Waals surface area contributed by atoms with Gasteiger partial charge in [0.25, 0.3) is 5.91 Å². The Morgan fingerprint density at radius 2 is 1.78 bits per heavy atom. The van der Waals surface area contributed by atoms with E-state index in [1.54, 1.807) is 9.62 Å². The summed E-state index contributed by atoms with van der Waals surface area (Å²) in [6.07, 6.45) is -4.22. The number of amides is 1. The maximum atomic E-state index is 12.9. The van der Waals surface area contributed by atoms with Gasteiger partial charge in [-0.15, -0.1) is 11.3 Å². The van der Waals surface area contributed by atoms with E-state index < -0.39 is 32.2 Å². The second-order valence-electron chi connectivity index (χ2n) is 6.74. The van der Waals surface area contributed by atoms with Crippen LogP contribution in [0, 0.1) is 0 Å². The number of carbonyl (C=O) groups is 1. The Kier molecular flexibility index (Phi) is 8.60. The Labute approximate surface area is 198 Å². The molecule has 6 nitrogen and oxygen atoms in total. The molecule has 0 aliphatic heterocycles. The van der Waals surface area contributed by atoms with Gasteiger partial charge in [0.15, 0.2) is 0 Å². The highest BCUT2D eigenvalue weighted by molar-refractivity contribution is 7.89. The summed E-state index contributed by atoms with van der Waals surface area (Å²) in [4.78, 5) is 18.7. The predicted molar refractivity (Wildman–Crippen MR) is 120 cm³/mol. The van der Waals surface area contributed by atoms with Gasteiger partial charge in [-0.3, -0.25) is 4.79 Å². The summed E-state index contributed by atoms with van der Waals surface area (Å²) in [5.41, 5.74) is 0.431. The number of alkyl halides is 3. The Morgan fingerprint density at radius 3 is 2.28 bits per heavy atom. The van der Waals surface area contributed by atoms with Crippen LogP contribution in [0.3, 0.4) is 0 Å². The van der Waals surface area contributed by atoms with E-state index in [9.17, 15) is 26.4 Å². The zero-order chi connectivity index (χ0) is 24.4. The molecule has 2 aromatic rings. The van der Waals surface area contributed by atoms with E-state index in [-0.39, 0.29) is 22.2 Å². The highest BCUT2D eigenvalue weighted by Crippen LogP contribution is 2.42. The lowest BCUT2D eigenvalue weighted by Crippen LogP contribution is -2.43. The molecule has 1 N–H and O–H groups in total. The number of hydrogen-bond acceptors (Lipinski definition) is 5. The third kappa shape index (κ3) is 5.56. The average Bonchev–Trinajstić information content (AvgIpc) is 3.13. The molecule has 178 valence electrons. The first-order valence-corrected chi connectivity index (χ1v) is 12.7. The van der Waals surface area contributed by atoms with Crippen molar-refractivity contribution < 1.29 is 26.4 Å². The van der Waals surface area contributed by atoms with Gasteiger partial charge < -0.3 is 4.90 Å². The summed E-state index contributed by atoms with van der Waals surface area (Å²) in [6, 6.07) is 0.0489. The van der Waals surface area contributed by atoms with Crippen LogP contribution in [0.4, 0.5) is 13.2 Å². The van der Waals surface area contributed by atoms with Crippen molar-refractivity contribution in [2.24, 2.45) is 0 Å². The maximum absolute atomic E-state index is 12.9. The van der Waals surface area contributed by atoms with Crippen molar-refractivity contribution in [1.29, 1.82) is 0 Å². The van der Waals surface area contributed by atoms with Crippen LogP contribution in [-0.4, -0.2) is 49.5 Å². The SMILES string of the molecule is CCc1nc(C(=O)N(CC)CC)c(-c2ccc(S(=O)(=O)N[C@@H](C)C(F)(F)F)c(Cl)c2Cl)s1. The number of rotatable bonds is 8. The Morgan fingerprint density at radius 1 is 1.19 bits per heavy atom. The van der Waals surface area contributed by atoms with Gasteiger partial charge in [-0.25, -0.2) is 13.4 Å². The Bertz CT molecular complexity index is 1100. The quantitative estimate of drug-likeness (QED) is 0.495. The molecule has 0 saturated carbocycles. The van der Waals surface area contributed by atoms with Gasteiger partial charge in [-0.05, 0) is 33.3 Å². The third-order valence-electron chi connectivity index (χ3n) is 4.63. The number of aromatic nitrogens is 1. The van der Waals surface area contributed by atoms with E-state index in [0.717, 1.165) is 6.07 Å². The molecule has 0 radical (unpaired) electrons. The van der Waals surface area contributed by atoms with E-state index in [1.807, 2.05) is 20.8 Å². The van der Waals surface area contributed by atoms with Gasteiger partial charge >= 0.3 is 6.18 Å². The van der Waals surface area contributed by atoms with Crippen LogP contribution in [0.2, 0.25) is 10.0 Å². The second-order valence-corrected chi connectivity index (χ2v) is 10.3. The van der Waals surface area contributed by atoms with Crippen LogP contribution in [0.5, 0.6) is 0 Å². The molecular formula is C19H22Cl2F3N3O3S2. The molecule has 2 rings (SSSR count). The molecule has 0 bridgehead atoms. The normalized spacial score (nSPS) is 13.3. The molecule has 0 spiro atoms. The number of benzene rings is 1. The number of aryl methyl sites for hydroxylation is 1. The maximum Gasteiger partial charge on any atom is 0.404 e. The largest absolute Gasteiger partial charge is 0.404 e. The van der Waals surface area contributed by atoms with Gasteiger partial charge in [0.2, 0.25) is 10.0 Å². The van der Waals surface area contributed by atoms with Crippen LogP contribution in [0.25, 0.3) is 10.4 Å². The zero-order valence-corrected chi connectivity index (χ0v) is 20.8. The zero-order valence-electron chi connectivity index (χ0n) is 17.7. The summed E-state index contributed by atoms with van der Waals surface area (Å²) in [5, 5.41) is 0.0212. The number of sulfonamides is 1. The smallest absolute Gasteiger partial charge is 0.338 e. The molecule has 1 atom stereocenters. The lowest BCUT2D eigenvalue weighted by molar-refractivity contribution is -0.147. The van der Waals surface area contributed by atoms with E-state index in [4.69, 9.17) is 23.2 Å². The van der Waals surface area contributed by atoms with E-state index in [2.05, 4.69) is 4.98 Å². The van der Waals surface area contributed by atoms with Gasteiger partial charge in [0.05, 0.1) is 19.9 Å². The van der Waals surface area contributed by atoms with E-state index >= 15 is 0 Å². The number of nitrogens with one attached hydrogen (secondary N) is 1. The molecule has 1 heterocycles. The molecule has 0 unspecified atom stereocenters. The monoisotopic (exact) mass is 531 g/mol. The third-order valence-corrected chi connectivity index (χ3v) is 8.44. The molecule has 32 heavy (non-hydrogen) atoms. The first kappa shape index (κ1) is 26.8. The van der Waals surface area contributed by atoms with Crippen LogP contribution in [-0.2, 0) is 16.4 Å². The van der Waals surface area contributed by atoms with Crippen LogP contribution in [0.1, 0.15) is 43.2 Å². The number of carbonyl (C=O) groups excluding carboxylic acids is 1. The van der Waals surface area contributed by atoms with E-state index in [1.165, 1.54) is 17.4 Å². The van der Waals surface area contributed by atoms with Gasteiger partial charge in [-0.1, -0.05) is 36.2 Å². The lowest BCUT2D eigenvalue weighted by atomic mass is 10.1. The first-order chi connectivity index (χ1) is 14.8. The molecular weight excluding hydrogens is 510 g/mol. The van der Waals surface area contributed by atoms with Crippen molar-refractivity contribution in [3.8, 4) is 10.4 Å². The highest BCUT2D eigenvalue weighted by atomic mass is 35.5. The number of thiazole rings is 1. The molecule has 1 aromatic heterocycles. The van der Waals surface area contributed by atoms with Gasteiger partial charge in [0, 0.05) is 18.7 Å². The minimum Gasteiger partial charge on any atom is -0.338 e. The molecule has 1 aromatic carbocycles. The number of halogens is 5. The summed E-state index contributed by atoms with van der Waals surface area (Å²) >= 11 is 13.7. The fraction of sp³-hybridized carbons (Fsp3) is 0.474. The van der Waals surface area contributed by atoms with Gasteiger partial charge in [-0.2, -0.15) is 17.9 Å². The fourth-order valence-corrected chi connectivity index (χ4v) is 5.96. The number of nitrogens with zero attached hydrogens (tertiary/aromatic N) is 2. The summed E-state index contributed by atoms with van der Waals surface area (Å²) in [6.45, 7) is 7.12. The summed E-state index contributed by atoms with van der Waals surface area (Å²) in [5.74, 6) is -0.314. The molecule has 0 aliphatic carbocycles. The summed E-state index contributed by atoms with van der Waals surface area (Å²) in [7, 11) is -4.62. The van der Waals surface area contributed by atoms with Crippen molar-refractivity contribution in [3.63, 3.8) is 0 Å². The molecule has 1 amide bonds. The standard InChI is InChI=1S/C19H22Cl2F3N3O3S2/c1-5-13-25-16(18(28)27(6-2)7-3)17(31-13)11-8-9-12(15(21)14(11)20)32(29,30)26-10(4)19(22,23)24/h8-10,26H,5-7H2,1-4H3/t10-/m0/s1. The second kappa shape index (κ2) is 10.3. The average molecular weight is 532 g/mol. The van der Waals surface area contributed by atoms with Crippen LogP contribution < -0.4 is 4.72 Å². The molecule has 0 fully saturated rings. The van der Waals surface area contributed by atoms with Crippen molar-refractivity contribution in [3.05, 3.63) is 32.9 Å². The van der Waals surface area contributed by atoms with E-state index in [0.29, 0.717) is 36.3 Å². The molecule has 0 saturated heterocycles. The molecule has 0 aliphatic rings. The topological polar surface area (TPSA) is 79.4 Å². The Balaban J connectivity index is 2.58. The van der Waals surface area contributed by atoms with Gasteiger partial charge in [0.1, 0.15) is 16.6 Å². The van der Waals surface area contributed by atoms with Crippen molar-refractivity contribution in [2.75, 3.05) is 13.1 Å². The van der Waals surface area contributed by atoms with Crippen molar-refractivity contribution in [1.82, 2.24) is 14.6 Å². The minimum atomic E-state index is -4.78. The van der Waals surface area contributed by atoms with Crippen LogP contribution in [0.15, 0.2) is 17.0 Å². The van der Waals surface area contributed by atoms with Crippen molar-refractivity contribution >= 4 is 50.5 Å². The minimum absolute atomic E-state index is 0.160. The van der Waals surface area contributed by atoms with Crippen LogP contribution >= 0.6 is 34.5 Å². The fourth-order valence-electron chi connectivity index (χ4n) is 2.78. The first-order valence-electron chi connectivity index (χ1n) is 9.64. The molecule has 13 heteroatoms.